The molecule has 2 rings (SSSR count). The Morgan fingerprint density at radius 3 is 2.48 bits per heavy atom. The van der Waals surface area contributed by atoms with E-state index in [0.717, 1.165) is 61.1 Å². The molecular weight excluding hydrogens is 262 g/mol. The van der Waals surface area contributed by atoms with Crippen molar-refractivity contribution in [3.63, 3.8) is 0 Å². The van der Waals surface area contributed by atoms with Crippen molar-refractivity contribution in [3.8, 4) is 5.75 Å². The average Bonchev–Trinajstić information content (AvgIpc) is 2.48. The molecule has 0 heterocycles. The van der Waals surface area contributed by atoms with Gasteiger partial charge in [-0.25, -0.2) is 0 Å². The Balaban J connectivity index is 2.13. The Labute approximate surface area is 128 Å². The number of methoxy groups -OCH3 is 1. The van der Waals surface area contributed by atoms with Crippen molar-refractivity contribution in [1.29, 1.82) is 0 Å². The summed E-state index contributed by atoms with van der Waals surface area (Å²) in [6, 6.07) is 4.71. The van der Waals surface area contributed by atoms with E-state index < -0.39 is 5.60 Å². The number of nitrogens with one attached hydrogen (secondary N) is 1. The molecule has 0 radical (unpaired) electrons. The molecule has 3 heteroatoms. The Hall–Kier alpha value is -1.06. The second-order valence-electron chi connectivity index (χ2n) is 6.40. The van der Waals surface area contributed by atoms with Gasteiger partial charge in [-0.1, -0.05) is 6.92 Å². The third-order valence-electron chi connectivity index (χ3n) is 4.74. The fraction of sp³-hybridized carbons (Fsp3) is 0.667. The van der Waals surface area contributed by atoms with Crippen LogP contribution in [0.25, 0.3) is 0 Å². The van der Waals surface area contributed by atoms with Gasteiger partial charge in [0, 0.05) is 6.04 Å². The third kappa shape index (κ3) is 3.58. The lowest BCUT2D eigenvalue weighted by Crippen LogP contribution is -2.40. The molecular formula is C18H29NO2. The first-order valence-electron chi connectivity index (χ1n) is 8.11. The lowest BCUT2D eigenvalue weighted by molar-refractivity contribution is -0.00887. The molecule has 3 nitrogen and oxygen atoms in total. The maximum Gasteiger partial charge on any atom is 0.122 e. The van der Waals surface area contributed by atoms with Gasteiger partial charge in [0.05, 0.1) is 12.7 Å². The molecule has 1 aromatic rings. The minimum Gasteiger partial charge on any atom is -0.496 e. The van der Waals surface area contributed by atoms with E-state index in [1.807, 2.05) is 13.0 Å². The minimum absolute atomic E-state index is 0.560. The van der Waals surface area contributed by atoms with Crippen LogP contribution in [-0.4, -0.2) is 24.8 Å². The van der Waals surface area contributed by atoms with Crippen LogP contribution in [-0.2, 0) is 5.60 Å². The number of aliphatic hydroxyl groups is 1. The highest BCUT2D eigenvalue weighted by molar-refractivity contribution is 5.44. The normalized spacial score (nSPS) is 25.9. The summed E-state index contributed by atoms with van der Waals surface area (Å²) in [4.78, 5) is 0. The van der Waals surface area contributed by atoms with Crippen molar-refractivity contribution in [2.45, 2.75) is 64.5 Å². The molecule has 2 N–H and O–H groups in total. The van der Waals surface area contributed by atoms with Crippen LogP contribution < -0.4 is 10.1 Å². The molecule has 0 unspecified atom stereocenters. The number of hydrogen-bond donors (Lipinski definition) is 2. The maximum atomic E-state index is 11.1. The lowest BCUT2D eigenvalue weighted by atomic mass is 9.76. The van der Waals surface area contributed by atoms with Crippen molar-refractivity contribution >= 4 is 0 Å². The molecule has 1 aliphatic carbocycles. The van der Waals surface area contributed by atoms with Crippen LogP contribution in [0.3, 0.4) is 0 Å². The molecule has 118 valence electrons. The molecule has 0 saturated heterocycles. The average molecular weight is 291 g/mol. The van der Waals surface area contributed by atoms with E-state index in [4.69, 9.17) is 4.74 Å². The fourth-order valence-corrected chi connectivity index (χ4v) is 3.43. The van der Waals surface area contributed by atoms with Gasteiger partial charge >= 0.3 is 0 Å². The van der Waals surface area contributed by atoms with E-state index in [0.29, 0.717) is 6.04 Å². The minimum atomic E-state index is -0.675. The Kier molecular flexibility index (Phi) is 5.28. The predicted octanol–water partition coefficient (Wildman–Crippen LogP) is 3.44. The molecule has 0 aliphatic heterocycles. The zero-order valence-corrected chi connectivity index (χ0v) is 13.8. The van der Waals surface area contributed by atoms with Crippen LogP contribution in [0.4, 0.5) is 0 Å². The van der Waals surface area contributed by atoms with Crippen molar-refractivity contribution < 1.29 is 9.84 Å². The molecule has 21 heavy (non-hydrogen) atoms. The van der Waals surface area contributed by atoms with Gasteiger partial charge in [0.1, 0.15) is 5.75 Å². The standard InChI is InChI=1S/C18H29NO2/c1-5-10-19-15-6-8-18(20,9-7-15)16-11-14(3)17(21-4)12-13(16)2/h11-12,15,19-20H,5-10H2,1-4H3. The number of hydrogen-bond acceptors (Lipinski definition) is 3. The lowest BCUT2D eigenvalue weighted by Gasteiger charge is -2.38. The summed E-state index contributed by atoms with van der Waals surface area (Å²) in [5.74, 6) is 0.901. The summed E-state index contributed by atoms with van der Waals surface area (Å²) in [6.07, 6.45) is 4.92. The fourth-order valence-electron chi connectivity index (χ4n) is 3.43. The number of aryl methyl sites for hydroxylation is 2. The molecule has 1 fully saturated rings. The van der Waals surface area contributed by atoms with Crippen molar-refractivity contribution in [3.05, 3.63) is 28.8 Å². The highest BCUT2D eigenvalue weighted by Gasteiger charge is 2.35. The predicted molar refractivity (Wildman–Crippen MR) is 86.9 cm³/mol. The Morgan fingerprint density at radius 2 is 1.90 bits per heavy atom. The van der Waals surface area contributed by atoms with Gasteiger partial charge < -0.3 is 15.2 Å². The molecule has 0 aromatic heterocycles. The summed E-state index contributed by atoms with van der Waals surface area (Å²) < 4.78 is 5.37. The monoisotopic (exact) mass is 291 g/mol. The zero-order chi connectivity index (χ0) is 15.5. The van der Waals surface area contributed by atoms with Crippen LogP contribution in [0.5, 0.6) is 5.75 Å². The number of benzene rings is 1. The van der Waals surface area contributed by atoms with E-state index in [-0.39, 0.29) is 0 Å². The largest absolute Gasteiger partial charge is 0.496 e. The second-order valence-corrected chi connectivity index (χ2v) is 6.40. The SMILES string of the molecule is CCCNC1CCC(O)(c2cc(C)c(OC)cc2C)CC1. The molecule has 0 bridgehead atoms. The van der Waals surface area contributed by atoms with Crippen molar-refractivity contribution in [2.24, 2.45) is 0 Å². The van der Waals surface area contributed by atoms with Crippen molar-refractivity contribution in [1.82, 2.24) is 5.32 Å². The summed E-state index contributed by atoms with van der Waals surface area (Å²) in [5, 5.41) is 14.7. The van der Waals surface area contributed by atoms with Gasteiger partial charge in [0.15, 0.2) is 0 Å². The quantitative estimate of drug-likeness (QED) is 0.873. The highest BCUT2D eigenvalue weighted by Crippen LogP contribution is 2.40. The van der Waals surface area contributed by atoms with E-state index >= 15 is 0 Å². The molecule has 0 spiro atoms. The smallest absolute Gasteiger partial charge is 0.122 e. The maximum absolute atomic E-state index is 11.1. The van der Waals surface area contributed by atoms with Gasteiger partial charge in [0.2, 0.25) is 0 Å². The number of rotatable bonds is 5. The van der Waals surface area contributed by atoms with Gasteiger partial charge in [-0.15, -0.1) is 0 Å². The van der Waals surface area contributed by atoms with Crippen LogP contribution in [0.2, 0.25) is 0 Å². The topological polar surface area (TPSA) is 41.5 Å². The van der Waals surface area contributed by atoms with Crippen molar-refractivity contribution in [2.75, 3.05) is 13.7 Å². The van der Waals surface area contributed by atoms with Crippen LogP contribution in [0.15, 0.2) is 12.1 Å². The van der Waals surface area contributed by atoms with Crippen LogP contribution >= 0.6 is 0 Å². The molecule has 1 aromatic carbocycles. The van der Waals surface area contributed by atoms with E-state index in [9.17, 15) is 5.11 Å². The van der Waals surface area contributed by atoms with Crippen LogP contribution in [0, 0.1) is 13.8 Å². The second kappa shape index (κ2) is 6.80. The Morgan fingerprint density at radius 1 is 1.24 bits per heavy atom. The number of ether oxygens (including phenoxy) is 1. The first-order valence-corrected chi connectivity index (χ1v) is 8.11. The summed E-state index contributed by atoms with van der Waals surface area (Å²) >= 11 is 0. The van der Waals surface area contributed by atoms with Crippen LogP contribution in [0.1, 0.15) is 55.7 Å². The molecule has 1 saturated carbocycles. The first-order chi connectivity index (χ1) is 10.00. The summed E-state index contributed by atoms with van der Waals surface area (Å²) in [5.41, 5.74) is 2.62. The molecule has 0 amide bonds. The molecule has 0 atom stereocenters. The van der Waals surface area contributed by atoms with Gasteiger partial charge in [0.25, 0.3) is 0 Å². The Bertz CT molecular complexity index is 476. The highest BCUT2D eigenvalue weighted by atomic mass is 16.5. The van der Waals surface area contributed by atoms with E-state index in [1.54, 1.807) is 7.11 Å². The first kappa shape index (κ1) is 16.3. The summed E-state index contributed by atoms with van der Waals surface area (Å²) in [6.45, 7) is 7.37. The molecule has 1 aliphatic rings. The van der Waals surface area contributed by atoms with Gasteiger partial charge in [-0.3, -0.25) is 0 Å². The summed E-state index contributed by atoms with van der Waals surface area (Å²) in [7, 11) is 1.70. The third-order valence-corrected chi connectivity index (χ3v) is 4.74. The van der Waals surface area contributed by atoms with Gasteiger partial charge in [-0.2, -0.15) is 0 Å². The van der Waals surface area contributed by atoms with E-state index in [1.165, 1.54) is 0 Å². The van der Waals surface area contributed by atoms with Gasteiger partial charge in [-0.05, 0) is 81.3 Å². The van der Waals surface area contributed by atoms with E-state index in [2.05, 4.69) is 25.2 Å². The zero-order valence-electron chi connectivity index (χ0n) is 13.8.